The van der Waals surface area contributed by atoms with E-state index in [2.05, 4.69) is 13.8 Å². The van der Waals surface area contributed by atoms with Gasteiger partial charge in [0.05, 0.1) is 4.87 Å². The molecule has 2 aliphatic carbocycles. The van der Waals surface area contributed by atoms with Gasteiger partial charge in [-0.1, -0.05) is 26.7 Å². The van der Waals surface area contributed by atoms with E-state index in [9.17, 15) is 4.79 Å². The zero-order valence-corrected chi connectivity index (χ0v) is 11.2. The number of hydrogen-bond acceptors (Lipinski definition) is 1. The van der Waals surface area contributed by atoms with Crippen molar-refractivity contribution >= 4 is 17.4 Å². The Bertz CT molecular complexity index is 276. The van der Waals surface area contributed by atoms with Crippen molar-refractivity contribution in [2.75, 3.05) is 0 Å². The third kappa shape index (κ3) is 2.45. The molecule has 2 heteroatoms. The molecular weight excluding hydrogens is 220 g/mol. The highest BCUT2D eigenvalue weighted by molar-refractivity contribution is 6.25. The SMILES string of the molecule is CC1CCC(C2(Cl)CCCC(C)C2)C(=O)C1. The number of Topliss-reactive ketones (excluding diaryl/α,β-unsaturated/α-hetero) is 1. The predicted molar refractivity (Wildman–Crippen MR) is 67.7 cm³/mol. The highest BCUT2D eigenvalue weighted by Gasteiger charge is 2.44. The van der Waals surface area contributed by atoms with Crippen molar-refractivity contribution in [1.82, 2.24) is 0 Å². The van der Waals surface area contributed by atoms with Crippen LogP contribution in [0.2, 0.25) is 0 Å². The topological polar surface area (TPSA) is 17.1 Å². The van der Waals surface area contributed by atoms with Crippen molar-refractivity contribution in [3.05, 3.63) is 0 Å². The number of rotatable bonds is 1. The summed E-state index contributed by atoms with van der Waals surface area (Å²) in [5, 5.41) is 0. The molecule has 0 bridgehead atoms. The Morgan fingerprint density at radius 1 is 1.19 bits per heavy atom. The second-order valence-electron chi connectivity index (χ2n) is 6.14. The molecule has 0 heterocycles. The van der Waals surface area contributed by atoms with Crippen molar-refractivity contribution < 1.29 is 4.79 Å². The van der Waals surface area contributed by atoms with Crippen molar-refractivity contribution in [2.45, 2.75) is 63.7 Å². The second-order valence-corrected chi connectivity index (χ2v) is 6.89. The van der Waals surface area contributed by atoms with Crippen LogP contribution in [-0.4, -0.2) is 10.7 Å². The van der Waals surface area contributed by atoms with E-state index in [1.807, 2.05) is 0 Å². The van der Waals surface area contributed by atoms with Crippen LogP contribution in [-0.2, 0) is 4.79 Å². The lowest BCUT2D eigenvalue weighted by molar-refractivity contribution is -0.127. The molecule has 4 unspecified atom stereocenters. The van der Waals surface area contributed by atoms with Gasteiger partial charge in [0.1, 0.15) is 5.78 Å². The average molecular weight is 243 g/mol. The Labute approximate surface area is 104 Å². The first-order valence-corrected chi connectivity index (χ1v) is 7.11. The van der Waals surface area contributed by atoms with Gasteiger partial charge in [-0.15, -0.1) is 11.6 Å². The molecule has 2 aliphatic rings. The molecule has 0 saturated heterocycles. The Kier molecular flexibility index (Phi) is 3.63. The minimum absolute atomic E-state index is 0.146. The third-order valence-electron chi connectivity index (χ3n) is 4.49. The van der Waals surface area contributed by atoms with Gasteiger partial charge in [-0.25, -0.2) is 0 Å². The van der Waals surface area contributed by atoms with Gasteiger partial charge in [0.25, 0.3) is 0 Å². The summed E-state index contributed by atoms with van der Waals surface area (Å²) in [7, 11) is 0. The standard InChI is InChI=1S/C14H23ClO/c1-10-5-6-12(13(16)8-10)14(15)7-3-4-11(2)9-14/h10-12H,3-9H2,1-2H3. The maximum atomic E-state index is 12.1. The van der Waals surface area contributed by atoms with Crippen LogP contribution in [0, 0.1) is 17.8 Å². The minimum atomic E-state index is -0.200. The molecular formula is C14H23ClO. The van der Waals surface area contributed by atoms with Crippen LogP contribution in [0.4, 0.5) is 0 Å². The molecule has 2 rings (SSSR count). The summed E-state index contributed by atoms with van der Waals surface area (Å²) in [5.41, 5.74) is 0. The van der Waals surface area contributed by atoms with E-state index in [-0.39, 0.29) is 10.8 Å². The Morgan fingerprint density at radius 3 is 2.56 bits per heavy atom. The van der Waals surface area contributed by atoms with Crippen molar-refractivity contribution in [3.8, 4) is 0 Å². The van der Waals surface area contributed by atoms with E-state index in [1.54, 1.807) is 0 Å². The molecule has 0 aromatic carbocycles. The fourth-order valence-electron chi connectivity index (χ4n) is 3.59. The number of alkyl halides is 1. The van der Waals surface area contributed by atoms with Gasteiger partial charge in [0.2, 0.25) is 0 Å². The number of carbonyl (C=O) groups is 1. The normalized spacial score (nSPS) is 45.7. The van der Waals surface area contributed by atoms with E-state index in [0.29, 0.717) is 17.6 Å². The molecule has 92 valence electrons. The quantitative estimate of drug-likeness (QED) is 0.631. The Morgan fingerprint density at radius 2 is 1.94 bits per heavy atom. The highest BCUT2D eigenvalue weighted by atomic mass is 35.5. The fourth-order valence-corrected chi connectivity index (χ4v) is 4.22. The summed E-state index contributed by atoms with van der Waals surface area (Å²) in [6.45, 7) is 4.45. The molecule has 0 spiro atoms. The molecule has 2 fully saturated rings. The largest absolute Gasteiger partial charge is 0.299 e. The van der Waals surface area contributed by atoms with Crippen LogP contribution < -0.4 is 0 Å². The number of ketones is 1. The van der Waals surface area contributed by atoms with Crippen molar-refractivity contribution in [1.29, 1.82) is 0 Å². The molecule has 0 radical (unpaired) electrons. The molecule has 4 atom stereocenters. The molecule has 0 N–H and O–H groups in total. The molecule has 0 aromatic rings. The molecule has 2 saturated carbocycles. The van der Waals surface area contributed by atoms with Gasteiger partial charge in [0, 0.05) is 12.3 Å². The molecule has 16 heavy (non-hydrogen) atoms. The van der Waals surface area contributed by atoms with Gasteiger partial charge >= 0.3 is 0 Å². The lowest BCUT2D eigenvalue weighted by Crippen LogP contribution is -2.43. The summed E-state index contributed by atoms with van der Waals surface area (Å²) in [6.07, 6.45) is 7.53. The maximum absolute atomic E-state index is 12.1. The predicted octanol–water partition coefficient (Wildman–Crippen LogP) is 4.18. The third-order valence-corrected chi connectivity index (χ3v) is 5.09. The van der Waals surface area contributed by atoms with E-state index in [0.717, 1.165) is 25.7 Å². The van der Waals surface area contributed by atoms with Crippen LogP contribution in [0.1, 0.15) is 58.8 Å². The van der Waals surface area contributed by atoms with Crippen LogP contribution in [0.3, 0.4) is 0 Å². The molecule has 0 aromatic heterocycles. The second kappa shape index (κ2) is 4.68. The van der Waals surface area contributed by atoms with E-state index in [1.165, 1.54) is 19.3 Å². The first-order chi connectivity index (χ1) is 7.51. The smallest absolute Gasteiger partial charge is 0.137 e. The van der Waals surface area contributed by atoms with Gasteiger partial charge in [0.15, 0.2) is 0 Å². The zero-order valence-electron chi connectivity index (χ0n) is 10.5. The summed E-state index contributed by atoms with van der Waals surface area (Å²) >= 11 is 6.77. The van der Waals surface area contributed by atoms with Crippen LogP contribution in [0.15, 0.2) is 0 Å². The minimum Gasteiger partial charge on any atom is -0.299 e. The van der Waals surface area contributed by atoms with Crippen LogP contribution >= 0.6 is 11.6 Å². The van der Waals surface area contributed by atoms with Crippen LogP contribution in [0.5, 0.6) is 0 Å². The number of halogens is 1. The lowest BCUT2D eigenvalue weighted by Gasteiger charge is -2.42. The average Bonchev–Trinajstić information content (AvgIpc) is 2.16. The van der Waals surface area contributed by atoms with E-state index >= 15 is 0 Å². The summed E-state index contributed by atoms with van der Waals surface area (Å²) < 4.78 is 0. The van der Waals surface area contributed by atoms with E-state index < -0.39 is 0 Å². The van der Waals surface area contributed by atoms with Crippen molar-refractivity contribution in [2.24, 2.45) is 17.8 Å². The molecule has 1 nitrogen and oxygen atoms in total. The van der Waals surface area contributed by atoms with Crippen LogP contribution in [0.25, 0.3) is 0 Å². The van der Waals surface area contributed by atoms with Gasteiger partial charge in [-0.3, -0.25) is 4.79 Å². The summed E-state index contributed by atoms with van der Waals surface area (Å²) in [4.78, 5) is 11.9. The van der Waals surface area contributed by atoms with Gasteiger partial charge in [-0.2, -0.15) is 0 Å². The molecule has 0 amide bonds. The summed E-state index contributed by atoms with van der Waals surface area (Å²) in [5.74, 6) is 1.85. The Hall–Kier alpha value is -0.0400. The number of carbonyl (C=O) groups excluding carboxylic acids is 1. The molecule has 0 aliphatic heterocycles. The maximum Gasteiger partial charge on any atom is 0.137 e. The van der Waals surface area contributed by atoms with Gasteiger partial charge < -0.3 is 0 Å². The Balaban J connectivity index is 2.07. The first-order valence-electron chi connectivity index (χ1n) is 6.73. The van der Waals surface area contributed by atoms with Crippen molar-refractivity contribution in [3.63, 3.8) is 0 Å². The summed E-state index contributed by atoms with van der Waals surface area (Å²) in [6, 6.07) is 0. The number of hydrogen-bond donors (Lipinski definition) is 0. The zero-order chi connectivity index (χ0) is 11.8. The highest BCUT2D eigenvalue weighted by Crippen LogP contribution is 2.47. The van der Waals surface area contributed by atoms with E-state index in [4.69, 9.17) is 11.6 Å². The first kappa shape index (κ1) is 12.4. The van der Waals surface area contributed by atoms with Gasteiger partial charge in [-0.05, 0) is 37.5 Å². The monoisotopic (exact) mass is 242 g/mol. The lowest BCUT2D eigenvalue weighted by atomic mass is 9.68. The fraction of sp³-hybridized carbons (Fsp3) is 0.929.